The molecule has 0 unspecified atom stereocenters. The summed E-state index contributed by atoms with van der Waals surface area (Å²) in [7, 11) is 0. The van der Waals surface area contributed by atoms with Crippen LogP contribution in [0.4, 0.5) is 0 Å². The van der Waals surface area contributed by atoms with E-state index in [0.717, 1.165) is 0 Å². The Hall–Kier alpha value is -2.07. The van der Waals surface area contributed by atoms with Crippen LogP contribution in [0.5, 0.6) is 11.5 Å². The maximum Gasteiger partial charge on any atom is 0.339 e. The van der Waals surface area contributed by atoms with E-state index in [9.17, 15) is 4.79 Å². The molecule has 2 aromatic rings. The molecule has 0 aliphatic rings. The number of halogens is 1. The van der Waals surface area contributed by atoms with Crippen LogP contribution < -0.4 is 4.74 Å². The fourth-order valence-corrected chi connectivity index (χ4v) is 1.63. The highest BCUT2D eigenvalue weighted by atomic mass is 35.5. The minimum atomic E-state index is -1.09. The number of rotatable bonds is 3. The molecule has 0 spiro atoms. The van der Waals surface area contributed by atoms with Crippen molar-refractivity contribution in [3.05, 3.63) is 52.8 Å². The van der Waals surface area contributed by atoms with Gasteiger partial charge in [-0.1, -0.05) is 11.6 Å². The number of pyridine rings is 1. The summed E-state index contributed by atoms with van der Waals surface area (Å²) in [6.07, 6.45) is 1.64. The quantitative estimate of drug-likeness (QED) is 0.920. The molecule has 18 heavy (non-hydrogen) atoms. The zero-order valence-corrected chi connectivity index (χ0v) is 10.3. The molecule has 0 amide bonds. The second-order valence-electron chi connectivity index (χ2n) is 3.63. The van der Waals surface area contributed by atoms with Gasteiger partial charge in [0.2, 0.25) is 0 Å². The Balaban J connectivity index is 2.41. The Kier molecular flexibility index (Phi) is 3.48. The van der Waals surface area contributed by atoms with Crippen LogP contribution in [0.25, 0.3) is 0 Å². The van der Waals surface area contributed by atoms with Gasteiger partial charge >= 0.3 is 5.97 Å². The number of nitrogens with zero attached hydrogens (tertiary/aromatic N) is 1. The first kappa shape index (κ1) is 12.4. The number of hydrogen-bond acceptors (Lipinski definition) is 3. The van der Waals surface area contributed by atoms with Crippen molar-refractivity contribution in [2.75, 3.05) is 0 Å². The van der Waals surface area contributed by atoms with E-state index in [4.69, 9.17) is 21.4 Å². The summed E-state index contributed by atoms with van der Waals surface area (Å²) in [5, 5.41) is 9.43. The van der Waals surface area contributed by atoms with Crippen LogP contribution in [0.3, 0.4) is 0 Å². The van der Waals surface area contributed by atoms with Crippen molar-refractivity contribution in [2.45, 2.75) is 6.92 Å². The molecule has 1 aromatic carbocycles. The van der Waals surface area contributed by atoms with E-state index >= 15 is 0 Å². The van der Waals surface area contributed by atoms with Crippen LogP contribution in [0, 0.1) is 6.92 Å². The van der Waals surface area contributed by atoms with E-state index in [2.05, 4.69) is 4.98 Å². The van der Waals surface area contributed by atoms with Gasteiger partial charge < -0.3 is 9.84 Å². The number of carbonyl (C=O) groups is 1. The number of aromatic carboxylic acids is 1. The summed E-state index contributed by atoms with van der Waals surface area (Å²) < 4.78 is 5.55. The molecule has 1 heterocycles. The molecule has 0 fully saturated rings. The zero-order valence-electron chi connectivity index (χ0n) is 9.55. The molecule has 0 aliphatic carbocycles. The SMILES string of the molecule is Cc1ncccc1Oc1ccc(Cl)cc1C(=O)O. The van der Waals surface area contributed by atoms with Crippen LogP contribution >= 0.6 is 11.6 Å². The predicted octanol–water partition coefficient (Wildman–Crippen LogP) is 3.53. The summed E-state index contributed by atoms with van der Waals surface area (Å²) >= 11 is 5.76. The smallest absolute Gasteiger partial charge is 0.339 e. The van der Waals surface area contributed by atoms with Crippen molar-refractivity contribution in [3.8, 4) is 11.5 Å². The number of carboxylic acids is 1. The largest absolute Gasteiger partial charge is 0.478 e. The standard InChI is InChI=1S/C13H10ClNO3/c1-8-11(3-2-6-15-8)18-12-5-4-9(14)7-10(12)13(16)17/h2-7H,1H3,(H,16,17). The summed E-state index contributed by atoms with van der Waals surface area (Å²) in [5.41, 5.74) is 0.703. The van der Waals surface area contributed by atoms with Gasteiger partial charge in [-0.05, 0) is 37.3 Å². The number of carboxylic acid groups (broad SMARTS) is 1. The number of hydrogen-bond donors (Lipinski definition) is 1. The molecule has 0 saturated carbocycles. The van der Waals surface area contributed by atoms with E-state index in [1.807, 2.05) is 0 Å². The number of aryl methyl sites for hydroxylation is 1. The van der Waals surface area contributed by atoms with Gasteiger partial charge in [-0.15, -0.1) is 0 Å². The van der Waals surface area contributed by atoms with Crippen molar-refractivity contribution in [3.63, 3.8) is 0 Å². The second-order valence-corrected chi connectivity index (χ2v) is 4.07. The third-order valence-electron chi connectivity index (χ3n) is 2.35. The van der Waals surface area contributed by atoms with Gasteiger partial charge in [-0.3, -0.25) is 4.98 Å². The number of benzene rings is 1. The summed E-state index contributed by atoms with van der Waals surface area (Å²) in [5.74, 6) is -0.334. The van der Waals surface area contributed by atoms with Gasteiger partial charge in [-0.25, -0.2) is 4.79 Å². The van der Waals surface area contributed by atoms with E-state index in [0.29, 0.717) is 16.5 Å². The predicted molar refractivity (Wildman–Crippen MR) is 67.5 cm³/mol. The molecule has 0 atom stereocenters. The summed E-state index contributed by atoms with van der Waals surface area (Å²) in [4.78, 5) is 15.2. The molecule has 0 saturated heterocycles. The van der Waals surface area contributed by atoms with Crippen LogP contribution in [-0.2, 0) is 0 Å². The minimum Gasteiger partial charge on any atom is -0.478 e. The molecular weight excluding hydrogens is 254 g/mol. The molecule has 1 N–H and O–H groups in total. The first-order valence-corrected chi connectivity index (χ1v) is 5.58. The van der Waals surface area contributed by atoms with Crippen LogP contribution in [0.2, 0.25) is 5.02 Å². The highest BCUT2D eigenvalue weighted by Crippen LogP contribution is 2.28. The summed E-state index contributed by atoms with van der Waals surface area (Å²) in [6.45, 7) is 1.78. The molecule has 0 radical (unpaired) electrons. The van der Waals surface area contributed by atoms with Crippen molar-refractivity contribution in [2.24, 2.45) is 0 Å². The average Bonchev–Trinajstić information content (AvgIpc) is 2.34. The van der Waals surface area contributed by atoms with Gasteiger partial charge in [0.25, 0.3) is 0 Å². The maximum atomic E-state index is 11.1. The molecule has 4 nitrogen and oxygen atoms in total. The Bertz CT molecular complexity index is 599. The Morgan fingerprint density at radius 3 is 2.78 bits per heavy atom. The average molecular weight is 264 g/mol. The lowest BCUT2D eigenvalue weighted by Crippen LogP contribution is -2.00. The summed E-state index contributed by atoms with van der Waals surface area (Å²) in [6, 6.07) is 7.90. The highest BCUT2D eigenvalue weighted by Gasteiger charge is 2.13. The van der Waals surface area contributed by atoms with Crippen LogP contribution in [0.15, 0.2) is 36.5 Å². The van der Waals surface area contributed by atoms with Crippen molar-refractivity contribution < 1.29 is 14.6 Å². The Morgan fingerprint density at radius 2 is 2.11 bits per heavy atom. The second kappa shape index (κ2) is 5.06. The zero-order chi connectivity index (χ0) is 13.1. The molecule has 1 aromatic heterocycles. The lowest BCUT2D eigenvalue weighted by Gasteiger charge is -2.10. The van der Waals surface area contributed by atoms with Gasteiger partial charge in [-0.2, -0.15) is 0 Å². The third-order valence-corrected chi connectivity index (χ3v) is 2.59. The van der Waals surface area contributed by atoms with E-state index in [-0.39, 0.29) is 11.3 Å². The Labute approximate surface area is 109 Å². The van der Waals surface area contributed by atoms with E-state index in [1.165, 1.54) is 12.1 Å². The van der Waals surface area contributed by atoms with Gasteiger partial charge in [0.15, 0.2) is 0 Å². The van der Waals surface area contributed by atoms with Crippen LogP contribution in [-0.4, -0.2) is 16.1 Å². The fourth-order valence-electron chi connectivity index (χ4n) is 1.45. The van der Waals surface area contributed by atoms with Gasteiger partial charge in [0.05, 0.1) is 5.69 Å². The first-order valence-electron chi connectivity index (χ1n) is 5.20. The molecule has 92 valence electrons. The fraction of sp³-hybridized carbons (Fsp3) is 0.0769. The number of ether oxygens (including phenoxy) is 1. The normalized spacial score (nSPS) is 10.1. The minimum absolute atomic E-state index is 0.0192. The molecule has 0 aliphatic heterocycles. The van der Waals surface area contributed by atoms with Crippen molar-refractivity contribution in [1.82, 2.24) is 4.98 Å². The van der Waals surface area contributed by atoms with Crippen LogP contribution in [0.1, 0.15) is 16.1 Å². The van der Waals surface area contributed by atoms with Gasteiger partial charge in [0.1, 0.15) is 17.1 Å². The number of aromatic nitrogens is 1. The molecule has 5 heteroatoms. The molecule has 2 rings (SSSR count). The lowest BCUT2D eigenvalue weighted by atomic mass is 10.2. The first-order chi connectivity index (χ1) is 8.58. The highest BCUT2D eigenvalue weighted by molar-refractivity contribution is 6.31. The van der Waals surface area contributed by atoms with E-state index in [1.54, 1.807) is 31.3 Å². The Morgan fingerprint density at radius 1 is 1.33 bits per heavy atom. The van der Waals surface area contributed by atoms with Crippen molar-refractivity contribution in [1.29, 1.82) is 0 Å². The van der Waals surface area contributed by atoms with E-state index < -0.39 is 5.97 Å². The molecule has 0 bridgehead atoms. The third kappa shape index (κ3) is 2.60. The van der Waals surface area contributed by atoms with Gasteiger partial charge in [0, 0.05) is 11.2 Å². The lowest BCUT2D eigenvalue weighted by molar-refractivity contribution is 0.0694. The monoisotopic (exact) mass is 263 g/mol. The van der Waals surface area contributed by atoms with Crippen molar-refractivity contribution >= 4 is 17.6 Å². The molecular formula is C13H10ClNO3. The maximum absolute atomic E-state index is 11.1. The topological polar surface area (TPSA) is 59.4 Å².